The van der Waals surface area contributed by atoms with Crippen LogP contribution in [-0.2, 0) is 0 Å². The number of fused-ring (bicyclic) bond motifs is 3. The van der Waals surface area contributed by atoms with Crippen LogP contribution in [0.15, 0.2) is 128 Å². The summed E-state index contributed by atoms with van der Waals surface area (Å²) in [5.41, 5.74) is 8.81. The van der Waals surface area contributed by atoms with Gasteiger partial charge in [-0.3, -0.25) is 4.98 Å². The van der Waals surface area contributed by atoms with Gasteiger partial charge in [-0.2, -0.15) is 0 Å². The molecule has 4 heteroatoms. The zero-order valence-electron chi connectivity index (χ0n) is 20.0. The van der Waals surface area contributed by atoms with Gasteiger partial charge in [-0.1, -0.05) is 60.7 Å². The van der Waals surface area contributed by atoms with E-state index in [1.54, 1.807) is 6.20 Å². The standard InChI is InChI=1S/C33H23N3O/c37-33-25(22-9-8-10-23(21-22)27-17-18-29(35-27)28-14-6-7-20-34-28)16-19-31-32(33)26-13-4-5-15-30(26)36(31)24-11-2-1-3-12-24/h1-21,35,37H. The lowest BCUT2D eigenvalue weighted by Crippen LogP contribution is -1.93. The van der Waals surface area contributed by atoms with Crippen LogP contribution in [0.5, 0.6) is 5.75 Å². The van der Waals surface area contributed by atoms with Crippen molar-refractivity contribution in [3.05, 3.63) is 128 Å². The molecule has 0 bridgehead atoms. The molecule has 0 amide bonds. The molecule has 0 aliphatic carbocycles. The third-order valence-corrected chi connectivity index (χ3v) is 6.94. The smallest absolute Gasteiger partial charge is 0.133 e. The van der Waals surface area contributed by atoms with Crippen LogP contribution in [0, 0.1) is 0 Å². The van der Waals surface area contributed by atoms with Crippen molar-refractivity contribution >= 4 is 21.8 Å². The van der Waals surface area contributed by atoms with E-state index in [-0.39, 0.29) is 0 Å². The van der Waals surface area contributed by atoms with Gasteiger partial charge in [0.25, 0.3) is 0 Å². The lowest BCUT2D eigenvalue weighted by atomic mass is 9.98. The zero-order valence-corrected chi connectivity index (χ0v) is 20.0. The Hall–Kier alpha value is -5.09. The summed E-state index contributed by atoms with van der Waals surface area (Å²) in [4.78, 5) is 7.93. The van der Waals surface area contributed by atoms with Crippen molar-refractivity contribution in [2.75, 3.05) is 0 Å². The zero-order chi connectivity index (χ0) is 24.8. The van der Waals surface area contributed by atoms with Gasteiger partial charge >= 0.3 is 0 Å². The fourth-order valence-corrected chi connectivity index (χ4v) is 5.22. The van der Waals surface area contributed by atoms with E-state index < -0.39 is 0 Å². The Morgan fingerprint density at radius 2 is 1.41 bits per heavy atom. The minimum atomic E-state index is 0.293. The lowest BCUT2D eigenvalue weighted by molar-refractivity contribution is 0.484. The highest BCUT2D eigenvalue weighted by Crippen LogP contribution is 2.43. The summed E-state index contributed by atoms with van der Waals surface area (Å²) in [6, 6.07) is 40.9. The molecular weight excluding hydrogens is 454 g/mol. The van der Waals surface area contributed by atoms with Crippen molar-refractivity contribution in [1.82, 2.24) is 14.5 Å². The molecule has 3 aromatic heterocycles. The molecule has 0 saturated heterocycles. The summed E-state index contributed by atoms with van der Waals surface area (Å²) < 4.78 is 2.21. The normalized spacial score (nSPS) is 11.4. The molecule has 0 atom stereocenters. The maximum atomic E-state index is 11.6. The van der Waals surface area contributed by atoms with E-state index in [2.05, 4.69) is 63.1 Å². The molecule has 0 spiro atoms. The number of rotatable bonds is 4. The first-order chi connectivity index (χ1) is 18.3. The van der Waals surface area contributed by atoms with E-state index in [4.69, 9.17) is 0 Å². The number of aromatic hydroxyl groups is 1. The Bertz CT molecular complexity index is 1880. The van der Waals surface area contributed by atoms with Crippen LogP contribution in [0.4, 0.5) is 0 Å². The topological polar surface area (TPSA) is 53.8 Å². The molecular formula is C33H23N3O. The van der Waals surface area contributed by atoms with Crippen molar-refractivity contribution in [1.29, 1.82) is 0 Å². The molecule has 0 radical (unpaired) electrons. The maximum absolute atomic E-state index is 11.6. The average Bonchev–Trinajstić information content (AvgIpc) is 3.58. The quantitative estimate of drug-likeness (QED) is 0.268. The van der Waals surface area contributed by atoms with Crippen LogP contribution >= 0.6 is 0 Å². The summed E-state index contributed by atoms with van der Waals surface area (Å²) in [6.07, 6.45) is 1.80. The molecule has 37 heavy (non-hydrogen) atoms. The largest absolute Gasteiger partial charge is 0.507 e. The number of phenolic OH excluding ortho intramolecular Hbond substituents is 1. The molecule has 7 aromatic rings. The van der Waals surface area contributed by atoms with E-state index in [0.717, 1.165) is 61.3 Å². The second-order valence-electron chi connectivity index (χ2n) is 9.13. The summed E-state index contributed by atoms with van der Waals surface area (Å²) in [5, 5.41) is 13.5. The fraction of sp³-hybridized carbons (Fsp3) is 0. The highest BCUT2D eigenvalue weighted by molar-refractivity contribution is 6.14. The Balaban J connectivity index is 1.37. The van der Waals surface area contributed by atoms with Gasteiger partial charge in [0.1, 0.15) is 5.75 Å². The molecule has 2 N–H and O–H groups in total. The molecule has 0 fully saturated rings. The number of benzene rings is 4. The number of aromatic amines is 1. The minimum Gasteiger partial charge on any atom is -0.507 e. The summed E-state index contributed by atoms with van der Waals surface area (Å²) in [5.74, 6) is 0.293. The van der Waals surface area contributed by atoms with E-state index in [0.29, 0.717) is 5.75 Å². The molecule has 3 heterocycles. The first-order valence-corrected chi connectivity index (χ1v) is 12.3. The maximum Gasteiger partial charge on any atom is 0.133 e. The Morgan fingerprint density at radius 1 is 0.622 bits per heavy atom. The Labute approximate surface area is 214 Å². The van der Waals surface area contributed by atoms with Crippen LogP contribution in [0.25, 0.3) is 61.3 Å². The Kier molecular flexibility index (Phi) is 4.90. The molecule has 4 nitrogen and oxygen atoms in total. The number of H-pyrrole nitrogens is 1. The van der Waals surface area contributed by atoms with Gasteiger partial charge in [0.05, 0.1) is 27.8 Å². The van der Waals surface area contributed by atoms with E-state index in [9.17, 15) is 5.11 Å². The van der Waals surface area contributed by atoms with Gasteiger partial charge in [-0.15, -0.1) is 0 Å². The summed E-state index contributed by atoms with van der Waals surface area (Å²) in [7, 11) is 0. The van der Waals surface area contributed by atoms with E-state index in [1.807, 2.05) is 72.8 Å². The lowest BCUT2D eigenvalue weighted by Gasteiger charge is -2.10. The van der Waals surface area contributed by atoms with E-state index in [1.165, 1.54) is 0 Å². The Morgan fingerprint density at radius 3 is 2.27 bits per heavy atom. The predicted molar refractivity (Wildman–Crippen MR) is 151 cm³/mol. The second kappa shape index (κ2) is 8.54. The van der Waals surface area contributed by atoms with E-state index >= 15 is 0 Å². The molecule has 0 aliphatic heterocycles. The number of nitrogens with one attached hydrogen (secondary N) is 1. The first-order valence-electron chi connectivity index (χ1n) is 12.3. The van der Waals surface area contributed by atoms with Gasteiger partial charge < -0.3 is 14.7 Å². The first kappa shape index (κ1) is 21.2. The monoisotopic (exact) mass is 477 g/mol. The van der Waals surface area contributed by atoms with Crippen LogP contribution < -0.4 is 0 Å². The van der Waals surface area contributed by atoms with Crippen molar-refractivity contribution in [2.24, 2.45) is 0 Å². The third kappa shape index (κ3) is 3.50. The molecule has 4 aromatic carbocycles. The van der Waals surface area contributed by atoms with Gasteiger partial charge in [-0.05, 0) is 71.8 Å². The predicted octanol–water partition coefficient (Wildman–Crippen LogP) is 8.21. The number of aromatic nitrogens is 3. The molecule has 0 unspecified atom stereocenters. The second-order valence-corrected chi connectivity index (χ2v) is 9.13. The van der Waals surface area contributed by atoms with Crippen molar-refractivity contribution in [3.8, 4) is 45.2 Å². The SMILES string of the molecule is Oc1c(-c2cccc(-c3ccc(-c4ccccn4)[nH]3)c2)ccc2c1c1ccccc1n2-c1ccccc1. The molecule has 176 valence electrons. The van der Waals surface area contributed by atoms with Crippen molar-refractivity contribution in [3.63, 3.8) is 0 Å². The number of hydrogen-bond acceptors (Lipinski definition) is 2. The fourth-order valence-electron chi connectivity index (χ4n) is 5.22. The number of para-hydroxylation sites is 2. The van der Waals surface area contributed by atoms with Crippen LogP contribution in [-0.4, -0.2) is 19.6 Å². The summed E-state index contributed by atoms with van der Waals surface area (Å²) in [6.45, 7) is 0. The molecule has 7 rings (SSSR count). The van der Waals surface area contributed by atoms with Gasteiger partial charge in [0, 0.05) is 28.5 Å². The highest BCUT2D eigenvalue weighted by Gasteiger charge is 2.18. The van der Waals surface area contributed by atoms with Crippen LogP contribution in [0.3, 0.4) is 0 Å². The van der Waals surface area contributed by atoms with Crippen molar-refractivity contribution < 1.29 is 5.11 Å². The highest BCUT2D eigenvalue weighted by atomic mass is 16.3. The summed E-state index contributed by atoms with van der Waals surface area (Å²) >= 11 is 0. The number of phenols is 1. The minimum absolute atomic E-state index is 0.293. The van der Waals surface area contributed by atoms with Gasteiger partial charge in [0.2, 0.25) is 0 Å². The van der Waals surface area contributed by atoms with Crippen molar-refractivity contribution in [2.45, 2.75) is 0 Å². The van der Waals surface area contributed by atoms with Crippen LogP contribution in [0.2, 0.25) is 0 Å². The number of pyridine rings is 1. The molecule has 0 aliphatic rings. The average molecular weight is 478 g/mol. The third-order valence-electron chi connectivity index (χ3n) is 6.94. The van der Waals surface area contributed by atoms with Gasteiger partial charge in [0.15, 0.2) is 0 Å². The van der Waals surface area contributed by atoms with Gasteiger partial charge in [-0.25, -0.2) is 0 Å². The molecule has 0 saturated carbocycles. The number of hydrogen-bond donors (Lipinski definition) is 2. The van der Waals surface area contributed by atoms with Crippen LogP contribution in [0.1, 0.15) is 0 Å². The number of nitrogens with zero attached hydrogens (tertiary/aromatic N) is 2.